The summed E-state index contributed by atoms with van der Waals surface area (Å²) in [5.74, 6) is 1.81. The molecule has 0 aromatic rings. The van der Waals surface area contributed by atoms with Gasteiger partial charge in [0.25, 0.3) is 0 Å². The van der Waals surface area contributed by atoms with Crippen LogP contribution in [0.25, 0.3) is 0 Å². The predicted molar refractivity (Wildman–Crippen MR) is 375 cm³/mol. The third-order valence-corrected chi connectivity index (χ3v) is 17.6. The van der Waals surface area contributed by atoms with E-state index in [0.717, 1.165) is 99.8 Å². The van der Waals surface area contributed by atoms with Gasteiger partial charge in [0.15, 0.2) is 0 Å². The largest absolute Gasteiger partial charge is 0.356 e. The van der Waals surface area contributed by atoms with Crippen molar-refractivity contribution in [3.05, 3.63) is 0 Å². The van der Waals surface area contributed by atoms with E-state index in [-0.39, 0.29) is 17.7 Å². The molecular formula is C73H152Cl2N6O3+2. The van der Waals surface area contributed by atoms with E-state index in [2.05, 4.69) is 83.9 Å². The van der Waals surface area contributed by atoms with Crippen LogP contribution in [0.2, 0.25) is 0 Å². The van der Waals surface area contributed by atoms with Crippen molar-refractivity contribution in [2.24, 2.45) is 0 Å². The summed E-state index contributed by atoms with van der Waals surface area (Å²) < 4.78 is 1.96. The SMILES string of the molecule is CCCCCCCCCCCCCCCCCC(=O)NCCCN(C)C.CCCCCCCCCCCCCCCCCC(=O)NCCC[N+](C)(C)CC[N+](C)(C)CCCNC(=O)CCCCCCCCCCCCCCCCC.ClCCCl. The Labute approximate surface area is 536 Å². The van der Waals surface area contributed by atoms with Gasteiger partial charge in [-0.3, -0.25) is 14.4 Å². The Balaban J connectivity index is -0.00000181. The zero-order valence-corrected chi connectivity index (χ0v) is 60.0. The van der Waals surface area contributed by atoms with E-state index in [0.29, 0.717) is 31.0 Å². The smallest absolute Gasteiger partial charge is 0.219 e. The number of rotatable bonds is 64. The number of likely N-dealkylation sites (N-methyl/N-ethyl adjacent to an activating group) is 2. The first-order chi connectivity index (χ1) is 40.7. The van der Waals surface area contributed by atoms with Crippen LogP contribution < -0.4 is 16.0 Å². The second-order valence-electron chi connectivity index (χ2n) is 27.2. The third-order valence-electron chi connectivity index (χ3n) is 17.0. The highest BCUT2D eigenvalue weighted by Gasteiger charge is 2.22. The molecule has 504 valence electrons. The number of unbranched alkanes of at least 4 members (excludes halogenated alkanes) is 42. The molecule has 3 N–H and O–H groups in total. The van der Waals surface area contributed by atoms with Crippen LogP contribution in [0.1, 0.15) is 348 Å². The highest BCUT2D eigenvalue weighted by atomic mass is 35.5. The lowest BCUT2D eigenvalue weighted by atomic mass is 10.0. The molecule has 0 radical (unpaired) electrons. The van der Waals surface area contributed by atoms with Gasteiger partial charge in [-0.2, -0.15) is 0 Å². The molecule has 0 unspecified atom stereocenters. The first-order valence-corrected chi connectivity index (χ1v) is 38.0. The molecule has 11 heteroatoms. The lowest BCUT2D eigenvalue weighted by molar-refractivity contribution is -0.945. The van der Waals surface area contributed by atoms with Gasteiger partial charge in [-0.25, -0.2) is 0 Å². The molecule has 0 aromatic heterocycles. The van der Waals surface area contributed by atoms with Crippen LogP contribution in [0, 0.1) is 0 Å². The molecular weight excluding hydrogens is 1080 g/mol. The Morgan fingerprint density at radius 3 is 0.667 bits per heavy atom. The highest BCUT2D eigenvalue weighted by molar-refractivity contribution is 6.25. The predicted octanol–water partition coefficient (Wildman–Crippen LogP) is 20.5. The second kappa shape index (κ2) is 71.0. The minimum Gasteiger partial charge on any atom is -0.356 e. The van der Waals surface area contributed by atoms with E-state index >= 15 is 0 Å². The molecule has 0 fully saturated rings. The number of nitrogens with zero attached hydrogens (tertiary/aromatic N) is 3. The van der Waals surface area contributed by atoms with Crippen molar-refractivity contribution < 1.29 is 23.3 Å². The van der Waals surface area contributed by atoms with Crippen molar-refractivity contribution in [3.63, 3.8) is 0 Å². The lowest BCUT2D eigenvalue weighted by Gasteiger charge is -2.35. The summed E-state index contributed by atoms with van der Waals surface area (Å²) in [5, 5.41) is 9.36. The maximum atomic E-state index is 12.3. The molecule has 0 bridgehead atoms. The molecule has 0 saturated carbocycles. The fraction of sp³-hybridized carbons (Fsp3) is 0.959. The molecule has 0 heterocycles. The minimum atomic E-state index is 0.231. The third kappa shape index (κ3) is 78.9. The van der Waals surface area contributed by atoms with Gasteiger partial charge >= 0.3 is 0 Å². The Bertz CT molecular complexity index is 1250. The summed E-state index contributed by atoms with van der Waals surface area (Å²) in [6.45, 7) is 14.7. The Morgan fingerprint density at radius 1 is 0.286 bits per heavy atom. The van der Waals surface area contributed by atoms with E-state index in [1.54, 1.807) is 0 Å². The van der Waals surface area contributed by atoms with Gasteiger partial charge < -0.3 is 29.8 Å². The fourth-order valence-electron chi connectivity index (χ4n) is 11.1. The fourth-order valence-corrected chi connectivity index (χ4v) is 11.1. The average Bonchev–Trinajstić information content (AvgIpc) is 3.63. The number of nitrogens with one attached hydrogen (secondary N) is 3. The number of hydrogen-bond donors (Lipinski definition) is 3. The molecule has 0 aliphatic rings. The van der Waals surface area contributed by atoms with Crippen LogP contribution >= 0.6 is 23.2 Å². The summed E-state index contributed by atoms with van der Waals surface area (Å²) in [4.78, 5) is 38.5. The number of carbonyl (C=O) groups excluding carboxylic acids is 3. The molecule has 0 rings (SSSR count). The van der Waals surface area contributed by atoms with Gasteiger partial charge in [-0.15, -0.1) is 23.2 Å². The maximum Gasteiger partial charge on any atom is 0.219 e. The number of hydrogen-bond acceptors (Lipinski definition) is 4. The highest BCUT2D eigenvalue weighted by Crippen LogP contribution is 2.17. The van der Waals surface area contributed by atoms with Crippen molar-refractivity contribution >= 4 is 40.9 Å². The first-order valence-electron chi connectivity index (χ1n) is 36.9. The maximum absolute atomic E-state index is 12.3. The minimum absolute atomic E-state index is 0.231. The van der Waals surface area contributed by atoms with Crippen LogP contribution in [0.5, 0.6) is 0 Å². The van der Waals surface area contributed by atoms with Crippen LogP contribution in [0.4, 0.5) is 0 Å². The molecule has 0 atom stereocenters. The average molecular weight is 1230 g/mol. The molecule has 84 heavy (non-hydrogen) atoms. The van der Waals surface area contributed by atoms with Crippen LogP contribution in [-0.4, -0.2) is 138 Å². The Morgan fingerprint density at radius 2 is 0.476 bits per heavy atom. The molecule has 3 amide bonds. The van der Waals surface area contributed by atoms with Crippen molar-refractivity contribution in [1.29, 1.82) is 0 Å². The van der Waals surface area contributed by atoms with Gasteiger partial charge in [-0.05, 0) is 46.3 Å². The monoisotopic (exact) mass is 1230 g/mol. The molecule has 9 nitrogen and oxygen atoms in total. The summed E-state index contributed by atoms with van der Waals surface area (Å²) in [7, 11) is 13.4. The van der Waals surface area contributed by atoms with Crippen molar-refractivity contribution in [3.8, 4) is 0 Å². The van der Waals surface area contributed by atoms with Crippen molar-refractivity contribution in [1.82, 2.24) is 20.9 Å². The summed E-state index contributed by atoms with van der Waals surface area (Å²) in [5.41, 5.74) is 0. The number of amides is 3. The van der Waals surface area contributed by atoms with Gasteiger partial charge in [0.05, 0.1) is 41.3 Å². The van der Waals surface area contributed by atoms with E-state index in [1.165, 1.54) is 270 Å². The molecule has 0 aromatic carbocycles. The zero-order chi connectivity index (χ0) is 62.6. The van der Waals surface area contributed by atoms with Crippen LogP contribution in [-0.2, 0) is 14.4 Å². The summed E-state index contributed by atoms with van der Waals surface area (Å²) in [6, 6.07) is 0. The van der Waals surface area contributed by atoms with Gasteiger partial charge in [0, 0.05) is 63.5 Å². The summed E-state index contributed by atoms with van der Waals surface area (Å²) in [6.07, 6.45) is 66.4. The molecule has 0 saturated heterocycles. The van der Waals surface area contributed by atoms with E-state index < -0.39 is 0 Å². The normalized spacial score (nSPS) is 11.6. The molecule has 0 spiro atoms. The molecule has 0 aliphatic heterocycles. The van der Waals surface area contributed by atoms with Crippen LogP contribution in [0.15, 0.2) is 0 Å². The van der Waals surface area contributed by atoms with Gasteiger partial charge in [0.2, 0.25) is 17.7 Å². The number of carbonyl (C=O) groups is 3. The molecule has 0 aliphatic carbocycles. The number of halogens is 2. The quantitative estimate of drug-likeness (QED) is 0.0322. The van der Waals surface area contributed by atoms with E-state index in [4.69, 9.17) is 23.2 Å². The van der Waals surface area contributed by atoms with Crippen molar-refractivity contribution in [2.75, 3.05) is 106 Å². The van der Waals surface area contributed by atoms with Crippen LogP contribution in [0.3, 0.4) is 0 Å². The summed E-state index contributed by atoms with van der Waals surface area (Å²) >= 11 is 10.1. The second-order valence-corrected chi connectivity index (χ2v) is 27.9. The Kier molecular flexibility index (Phi) is 73.5. The van der Waals surface area contributed by atoms with Crippen molar-refractivity contribution in [2.45, 2.75) is 348 Å². The Hall–Kier alpha value is -1.13. The van der Waals surface area contributed by atoms with Gasteiger partial charge in [-0.1, -0.05) is 290 Å². The van der Waals surface area contributed by atoms with Gasteiger partial charge in [0.1, 0.15) is 13.1 Å². The standard InChI is InChI=1S/C48H98N4O2.C23H48N2O.C2H4Cl2/c1-7-9-11-13-15-17-19-21-23-25-27-29-31-33-35-39-47(53)49-41-37-43-51(3,4)45-46-52(5,6)44-38-42-50-48(54)40-36-34-32-30-28-26-24-22-20-18-16-14-12-10-8-2;1-4-5-6-7-8-9-10-11-12-13-14-15-16-17-18-20-23(26)24-21-19-22-25(2)3;3-1-2-4/h7-46H2,1-6H3;4-22H2,1-3H3,(H,24,26);1-2H2/p+2. The number of quaternary nitrogens is 2. The van der Waals surface area contributed by atoms with E-state index in [1.807, 2.05) is 0 Å². The lowest BCUT2D eigenvalue weighted by Crippen LogP contribution is -2.52. The number of alkyl halides is 2. The van der Waals surface area contributed by atoms with E-state index in [9.17, 15) is 14.4 Å². The zero-order valence-electron chi connectivity index (χ0n) is 58.5. The first kappa shape index (κ1) is 87.1. The topological polar surface area (TPSA) is 90.5 Å².